The van der Waals surface area contributed by atoms with E-state index in [2.05, 4.69) is 36.5 Å². The van der Waals surface area contributed by atoms with Crippen LogP contribution >= 0.6 is 0 Å². The van der Waals surface area contributed by atoms with E-state index >= 15 is 0 Å². The van der Waals surface area contributed by atoms with Crippen LogP contribution in [0.25, 0.3) is 0 Å². The van der Waals surface area contributed by atoms with Crippen LogP contribution in [0.1, 0.15) is 30.4 Å². The lowest BCUT2D eigenvalue weighted by Crippen LogP contribution is -2.42. The van der Waals surface area contributed by atoms with Gasteiger partial charge >= 0.3 is 0 Å². The Morgan fingerprint density at radius 3 is 2.95 bits per heavy atom. The smallest absolute Gasteiger partial charge is 0.225 e. The SMILES string of the molecule is Cc1cccc(CN(C(=O)CC2CNCCO2)C2CC2)c1. The second-order valence-electron chi connectivity index (χ2n) is 6.14. The zero-order valence-electron chi connectivity index (χ0n) is 12.7. The maximum Gasteiger partial charge on any atom is 0.225 e. The lowest BCUT2D eigenvalue weighted by molar-refractivity contribution is -0.136. The first-order valence-electron chi connectivity index (χ1n) is 7.90. The lowest BCUT2D eigenvalue weighted by atomic mass is 10.1. The molecule has 1 atom stereocenters. The molecule has 1 N–H and O–H groups in total. The van der Waals surface area contributed by atoms with E-state index in [0.717, 1.165) is 32.5 Å². The maximum atomic E-state index is 12.6. The predicted octanol–water partition coefficient (Wildman–Crippen LogP) is 1.86. The number of amides is 1. The average Bonchev–Trinajstić information content (AvgIpc) is 3.30. The Morgan fingerprint density at radius 1 is 1.43 bits per heavy atom. The number of benzene rings is 1. The molecule has 0 bridgehead atoms. The number of hydrogen-bond acceptors (Lipinski definition) is 3. The summed E-state index contributed by atoms with van der Waals surface area (Å²) in [5, 5.41) is 3.29. The van der Waals surface area contributed by atoms with E-state index in [0.29, 0.717) is 19.1 Å². The summed E-state index contributed by atoms with van der Waals surface area (Å²) >= 11 is 0. The van der Waals surface area contributed by atoms with Crippen molar-refractivity contribution in [3.05, 3.63) is 35.4 Å². The van der Waals surface area contributed by atoms with Gasteiger partial charge in [-0.15, -0.1) is 0 Å². The molecule has 1 amide bonds. The van der Waals surface area contributed by atoms with Gasteiger partial charge in [0.2, 0.25) is 5.91 Å². The van der Waals surface area contributed by atoms with Gasteiger partial charge in [0.1, 0.15) is 0 Å². The second-order valence-corrected chi connectivity index (χ2v) is 6.14. The predicted molar refractivity (Wildman–Crippen MR) is 82.0 cm³/mol. The Morgan fingerprint density at radius 2 is 2.29 bits per heavy atom. The minimum absolute atomic E-state index is 0.0324. The molecule has 1 aliphatic heterocycles. The van der Waals surface area contributed by atoms with Crippen molar-refractivity contribution in [3.63, 3.8) is 0 Å². The molecule has 0 radical (unpaired) electrons. The molecule has 114 valence electrons. The molecule has 21 heavy (non-hydrogen) atoms. The molecular weight excluding hydrogens is 264 g/mol. The molecule has 1 aromatic rings. The number of nitrogens with one attached hydrogen (secondary N) is 1. The second kappa shape index (κ2) is 6.58. The van der Waals surface area contributed by atoms with Crippen molar-refractivity contribution in [2.45, 2.75) is 44.9 Å². The summed E-state index contributed by atoms with van der Waals surface area (Å²) in [6.07, 6.45) is 2.81. The van der Waals surface area contributed by atoms with E-state index in [1.54, 1.807) is 0 Å². The summed E-state index contributed by atoms with van der Waals surface area (Å²) < 4.78 is 5.66. The van der Waals surface area contributed by atoms with Crippen LogP contribution in [0, 0.1) is 6.92 Å². The first-order chi connectivity index (χ1) is 10.2. The third-order valence-electron chi connectivity index (χ3n) is 4.15. The van der Waals surface area contributed by atoms with Gasteiger partial charge in [0, 0.05) is 25.7 Å². The van der Waals surface area contributed by atoms with Crippen LogP contribution in [-0.2, 0) is 16.1 Å². The third-order valence-corrected chi connectivity index (χ3v) is 4.15. The zero-order chi connectivity index (χ0) is 14.7. The molecule has 4 heteroatoms. The number of carbonyl (C=O) groups is 1. The minimum Gasteiger partial charge on any atom is -0.375 e. The summed E-state index contributed by atoms with van der Waals surface area (Å²) in [5.41, 5.74) is 2.47. The number of carbonyl (C=O) groups excluding carboxylic acids is 1. The lowest BCUT2D eigenvalue weighted by Gasteiger charge is -2.28. The molecule has 1 aromatic carbocycles. The summed E-state index contributed by atoms with van der Waals surface area (Å²) in [6.45, 7) is 5.20. The van der Waals surface area contributed by atoms with Crippen LogP contribution in [0.5, 0.6) is 0 Å². The molecule has 1 heterocycles. The van der Waals surface area contributed by atoms with Crippen molar-refractivity contribution in [1.29, 1.82) is 0 Å². The fourth-order valence-corrected chi connectivity index (χ4v) is 2.88. The van der Waals surface area contributed by atoms with Crippen molar-refractivity contribution in [2.24, 2.45) is 0 Å². The third kappa shape index (κ3) is 4.05. The van der Waals surface area contributed by atoms with Gasteiger partial charge in [-0.1, -0.05) is 29.8 Å². The van der Waals surface area contributed by atoms with E-state index in [1.807, 2.05) is 4.90 Å². The molecule has 3 rings (SSSR count). The van der Waals surface area contributed by atoms with E-state index in [-0.39, 0.29) is 12.0 Å². The Bertz CT molecular complexity index is 493. The van der Waals surface area contributed by atoms with Gasteiger partial charge < -0.3 is 15.0 Å². The van der Waals surface area contributed by atoms with Crippen LogP contribution in [0.15, 0.2) is 24.3 Å². The molecular formula is C17H24N2O2. The Kier molecular flexibility index (Phi) is 4.56. The maximum absolute atomic E-state index is 12.6. The highest BCUT2D eigenvalue weighted by Gasteiger charge is 2.33. The van der Waals surface area contributed by atoms with E-state index in [9.17, 15) is 4.79 Å². The van der Waals surface area contributed by atoms with Gasteiger partial charge in [-0.2, -0.15) is 0 Å². The zero-order valence-corrected chi connectivity index (χ0v) is 12.7. The topological polar surface area (TPSA) is 41.6 Å². The first kappa shape index (κ1) is 14.5. The van der Waals surface area contributed by atoms with Crippen molar-refractivity contribution in [2.75, 3.05) is 19.7 Å². The van der Waals surface area contributed by atoms with Gasteiger partial charge in [-0.3, -0.25) is 4.79 Å². The first-order valence-corrected chi connectivity index (χ1v) is 7.90. The van der Waals surface area contributed by atoms with Crippen molar-refractivity contribution < 1.29 is 9.53 Å². The average molecular weight is 288 g/mol. The molecule has 1 aliphatic carbocycles. The Hall–Kier alpha value is -1.39. The van der Waals surface area contributed by atoms with Crippen LogP contribution in [0.4, 0.5) is 0 Å². The number of nitrogens with zero attached hydrogens (tertiary/aromatic N) is 1. The minimum atomic E-state index is 0.0324. The van der Waals surface area contributed by atoms with Crippen LogP contribution in [0.2, 0.25) is 0 Å². The van der Waals surface area contributed by atoms with Gasteiger partial charge in [-0.25, -0.2) is 0 Å². The largest absolute Gasteiger partial charge is 0.375 e. The number of aryl methyl sites for hydroxylation is 1. The molecule has 1 unspecified atom stereocenters. The number of morpholine rings is 1. The van der Waals surface area contributed by atoms with Gasteiger partial charge in [0.25, 0.3) is 0 Å². The standard InChI is InChI=1S/C17H24N2O2/c1-13-3-2-4-14(9-13)12-19(15-5-6-15)17(20)10-16-11-18-7-8-21-16/h2-4,9,15-16,18H,5-8,10-12H2,1H3. The molecule has 0 aromatic heterocycles. The van der Waals surface area contributed by atoms with Crippen LogP contribution < -0.4 is 5.32 Å². The fraction of sp³-hybridized carbons (Fsp3) is 0.588. The van der Waals surface area contributed by atoms with E-state index < -0.39 is 0 Å². The highest BCUT2D eigenvalue weighted by Crippen LogP contribution is 2.29. The number of hydrogen-bond donors (Lipinski definition) is 1. The Labute approximate surface area is 126 Å². The fourth-order valence-electron chi connectivity index (χ4n) is 2.88. The summed E-state index contributed by atoms with van der Waals surface area (Å²) in [6, 6.07) is 8.87. The Balaban J connectivity index is 1.62. The molecule has 1 saturated carbocycles. The number of rotatable bonds is 5. The summed E-state index contributed by atoms with van der Waals surface area (Å²) in [5.74, 6) is 0.229. The molecule has 1 saturated heterocycles. The van der Waals surface area contributed by atoms with E-state index in [1.165, 1.54) is 11.1 Å². The van der Waals surface area contributed by atoms with Gasteiger partial charge in [-0.05, 0) is 25.3 Å². The molecule has 2 aliphatic rings. The molecule has 2 fully saturated rings. The normalized spacial score (nSPS) is 22.0. The summed E-state index contributed by atoms with van der Waals surface area (Å²) in [7, 11) is 0. The highest BCUT2D eigenvalue weighted by molar-refractivity contribution is 5.77. The quantitative estimate of drug-likeness (QED) is 0.899. The van der Waals surface area contributed by atoms with Gasteiger partial charge in [0.05, 0.1) is 19.1 Å². The number of ether oxygens (including phenoxy) is 1. The molecule has 0 spiro atoms. The van der Waals surface area contributed by atoms with Crippen molar-refractivity contribution >= 4 is 5.91 Å². The summed E-state index contributed by atoms with van der Waals surface area (Å²) in [4.78, 5) is 14.6. The van der Waals surface area contributed by atoms with Gasteiger partial charge in [0.15, 0.2) is 0 Å². The van der Waals surface area contributed by atoms with Crippen LogP contribution in [-0.4, -0.2) is 42.6 Å². The highest BCUT2D eigenvalue weighted by atomic mass is 16.5. The van der Waals surface area contributed by atoms with Crippen molar-refractivity contribution in [1.82, 2.24) is 10.2 Å². The van der Waals surface area contributed by atoms with Crippen LogP contribution in [0.3, 0.4) is 0 Å². The monoisotopic (exact) mass is 288 g/mol. The van der Waals surface area contributed by atoms with E-state index in [4.69, 9.17) is 4.74 Å². The molecule has 4 nitrogen and oxygen atoms in total. The van der Waals surface area contributed by atoms with Crippen molar-refractivity contribution in [3.8, 4) is 0 Å².